The molecule has 4 aromatic rings. The monoisotopic (exact) mass is 446 g/mol. The number of carbonyl (C=O) groups excluding carboxylic acids is 1. The molecule has 0 aromatic carbocycles. The summed E-state index contributed by atoms with van der Waals surface area (Å²) >= 11 is 0. The molecule has 0 saturated carbocycles. The molecule has 9 nitrogen and oxygen atoms in total. The number of carboxylic acid groups (broad SMARTS) is 1. The van der Waals surface area contributed by atoms with Crippen LogP contribution in [0.25, 0.3) is 11.0 Å². The third kappa shape index (κ3) is 5.63. The van der Waals surface area contributed by atoms with Crippen LogP contribution in [0, 0.1) is 0 Å². The van der Waals surface area contributed by atoms with Gasteiger partial charge in [-0.15, -0.1) is 0 Å². The van der Waals surface area contributed by atoms with Crippen molar-refractivity contribution in [3.63, 3.8) is 0 Å². The van der Waals surface area contributed by atoms with E-state index >= 15 is 0 Å². The summed E-state index contributed by atoms with van der Waals surface area (Å²) in [5.74, 6) is 0.738. The van der Waals surface area contributed by atoms with Crippen molar-refractivity contribution in [3.8, 4) is 0 Å². The molecule has 0 aliphatic carbocycles. The minimum Gasteiger partial charge on any atom is -0.870 e. The minimum atomic E-state index is -0.981. The molecule has 0 bridgehead atoms. The summed E-state index contributed by atoms with van der Waals surface area (Å²) in [6.07, 6.45) is 3.74. The number of aromatic nitrogens is 4. The van der Waals surface area contributed by atoms with Crippen LogP contribution in [0.4, 0.5) is 0 Å². The number of methoxy groups -OCH3 is 1. The molecule has 4 aromatic heterocycles. The van der Waals surface area contributed by atoms with E-state index in [-0.39, 0.29) is 41.9 Å². The summed E-state index contributed by atoms with van der Waals surface area (Å²) in [6, 6.07) is 11.1. The predicted octanol–water partition coefficient (Wildman–Crippen LogP) is 1.23. The summed E-state index contributed by atoms with van der Waals surface area (Å²) < 4.78 is 8.48. The van der Waals surface area contributed by atoms with Crippen LogP contribution in [-0.4, -0.2) is 48.4 Å². The molecule has 0 fully saturated rings. The molecular weight excluding hydrogens is 419 g/mol. The van der Waals surface area contributed by atoms with Gasteiger partial charge >= 0.3 is 30.8 Å². The van der Waals surface area contributed by atoms with Crippen LogP contribution in [0.15, 0.2) is 48.8 Å². The van der Waals surface area contributed by atoms with E-state index in [1.54, 1.807) is 6.07 Å². The summed E-state index contributed by atoms with van der Waals surface area (Å²) in [7, 11) is 1.37. The molecule has 0 spiro atoms. The maximum absolute atomic E-state index is 11.6. The van der Waals surface area contributed by atoms with Crippen molar-refractivity contribution < 1.29 is 43.8 Å². The average molecular weight is 446 g/mol. The third-order valence-corrected chi connectivity index (χ3v) is 4.77. The molecular formula is C23H27LiN4O5. The topological polar surface area (TPSA) is 128 Å². The van der Waals surface area contributed by atoms with Crippen LogP contribution in [0.3, 0.4) is 0 Å². The van der Waals surface area contributed by atoms with Crippen molar-refractivity contribution in [2.75, 3.05) is 7.11 Å². The summed E-state index contributed by atoms with van der Waals surface area (Å²) in [5, 5.41) is 9.00. The molecule has 170 valence electrons. The van der Waals surface area contributed by atoms with Gasteiger partial charge in [-0.2, -0.15) is 0 Å². The molecule has 4 rings (SSSR count). The molecule has 0 unspecified atom stereocenters. The van der Waals surface area contributed by atoms with E-state index < -0.39 is 11.9 Å². The second-order valence-electron chi connectivity index (χ2n) is 7.66. The Morgan fingerprint density at radius 3 is 1.67 bits per heavy atom. The van der Waals surface area contributed by atoms with Crippen molar-refractivity contribution in [1.82, 2.24) is 18.8 Å². The quantitative estimate of drug-likeness (QED) is 0.369. The number of fused-ring (bicyclic) bond motifs is 2. The van der Waals surface area contributed by atoms with Gasteiger partial charge in [-0.05, 0) is 24.3 Å². The van der Waals surface area contributed by atoms with Crippen LogP contribution >= 0.6 is 0 Å². The van der Waals surface area contributed by atoms with Gasteiger partial charge in [0.15, 0.2) is 11.4 Å². The van der Waals surface area contributed by atoms with Gasteiger partial charge in [-0.25, -0.2) is 19.6 Å². The fraction of sp³-hybridized carbons (Fsp3) is 0.304. The normalized spacial score (nSPS) is 10.4. The first-order valence-corrected chi connectivity index (χ1v) is 10.0. The smallest absolute Gasteiger partial charge is 0.870 e. The first-order chi connectivity index (χ1) is 14.8. The van der Waals surface area contributed by atoms with Gasteiger partial charge < -0.3 is 24.1 Å². The number of ether oxygens (including phenoxy) is 1. The van der Waals surface area contributed by atoms with Gasteiger partial charge in [0.25, 0.3) is 0 Å². The van der Waals surface area contributed by atoms with E-state index in [9.17, 15) is 9.59 Å². The van der Waals surface area contributed by atoms with Crippen LogP contribution in [0.1, 0.15) is 72.2 Å². The van der Waals surface area contributed by atoms with Gasteiger partial charge in [0, 0.05) is 24.2 Å². The fourth-order valence-corrected chi connectivity index (χ4v) is 3.34. The first-order valence-electron chi connectivity index (χ1n) is 10.0. The Hall–Kier alpha value is -3.12. The maximum Gasteiger partial charge on any atom is 1.00 e. The Morgan fingerprint density at radius 1 is 0.848 bits per heavy atom. The van der Waals surface area contributed by atoms with E-state index in [2.05, 4.69) is 9.97 Å². The van der Waals surface area contributed by atoms with Crippen molar-refractivity contribution >= 4 is 23.0 Å². The van der Waals surface area contributed by atoms with Gasteiger partial charge in [0.2, 0.25) is 0 Å². The molecule has 0 aliphatic heterocycles. The third-order valence-electron chi connectivity index (χ3n) is 4.77. The van der Waals surface area contributed by atoms with Crippen LogP contribution in [0.5, 0.6) is 0 Å². The maximum atomic E-state index is 11.6. The molecule has 0 atom stereocenters. The Morgan fingerprint density at radius 2 is 1.27 bits per heavy atom. The zero-order chi connectivity index (χ0) is 22.7. The largest absolute Gasteiger partial charge is 1.00 e. The van der Waals surface area contributed by atoms with Crippen molar-refractivity contribution in [2.24, 2.45) is 0 Å². The minimum absolute atomic E-state index is 0. The zero-order valence-electron chi connectivity index (χ0n) is 19.7. The summed E-state index contributed by atoms with van der Waals surface area (Å²) in [5.41, 5.74) is 1.94. The van der Waals surface area contributed by atoms with Crippen molar-refractivity contribution in [3.05, 3.63) is 71.8 Å². The number of imidazole rings is 2. The van der Waals surface area contributed by atoms with E-state index in [4.69, 9.17) is 9.84 Å². The molecule has 0 aliphatic rings. The standard InChI is InChI=1S/C12H14N2O2.C11H12N2O2.Li.H2O/c1-8(2)11-13-10(12(15)16-3)9-6-4-5-7-14(9)11;1-7(2)10-12-9(11(14)15)8-5-3-4-6-13(8)10;;/h4-8H,1-3H3;3-7H,1-2H3,(H,14,15);;1H2/q;;+1;/p-1. The number of nitrogens with zero attached hydrogens (tertiary/aromatic N) is 4. The Bertz CT molecular complexity index is 1250. The molecule has 2 N–H and O–H groups in total. The van der Waals surface area contributed by atoms with E-state index in [1.807, 2.05) is 79.2 Å². The number of rotatable bonds is 4. The molecule has 0 radical (unpaired) electrons. The second kappa shape index (κ2) is 11.7. The first kappa shape index (κ1) is 27.9. The number of pyridine rings is 2. The number of carboxylic acids is 1. The molecule has 0 saturated heterocycles. The average Bonchev–Trinajstić information content (AvgIpc) is 3.33. The number of esters is 1. The molecule has 33 heavy (non-hydrogen) atoms. The SMILES string of the molecule is CC(C)c1nc(C(=O)O)c2ccccn12.COC(=O)c1nc(C(C)C)n2ccccc12.[Li+].[OH-]. The van der Waals surface area contributed by atoms with Crippen LogP contribution in [0.2, 0.25) is 0 Å². The number of carbonyl (C=O) groups is 2. The van der Waals surface area contributed by atoms with Gasteiger partial charge in [-0.3, -0.25) is 0 Å². The van der Waals surface area contributed by atoms with Crippen molar-refractivity contribution in [1.29, 1.82) is 0 Å². The zero-order valence-corrected chi connectivity index (χ0v) is 19.7. The Kier molecular flexibility index (Phi) is 9.86. The predicted molar refractivity (Wildman–Crippen MR) is 119 cm³/mol. The van der Waals surface area contributed by atoms with Crippen LogP contribution in [-0.2, 0) is 4.74 Å². The second-order valence-corrected chi connectivity index (χ2v) is 7.66. The molecule has 0 amide bonds. The van der Waals surface area contributed by atoms with Gasteiger partial charge in [0.05, 0.1) is 18.1 Å². The van der Waals surface area contributed by atoms with Crippen molar-refractivity contribution in [2.45, 2.75) is 39.5 Å². The molecule has 4 heterocycles. The molecule has 10 heteroatoms. The van der Waals surface area contributed by atoms with Gasteiger partial charge in [-0.1, -0.05) is 39.8 Å². The Labute approximate surface area is 203 Å². The van der Waals surface area contributed by atoms with E-state index in [0.717, 1.165) is 17.2 Å². The number of aromatic carboxylic acids is 1. The number of hydrogen-bond donors (Lipinski definition) is 1. The van der Waals surface area contributed by atoms with E-state index in [1.165, 1.54) is 7.11 Å². The van der Waals surface area contributed by atoms with Gasteiger partial charge in [0.1, 0.15) is 11.6 Å². The van der Waals surface area contributed by atoms with E-state index in [0.29, 0.717) is 11.2 Å². The fourth-order valence-electron chi connectivity index (χ4n) is 3.34. The van der Waals surface area contributed by atoms with Crippen LogP contribution < -0.4 is 18.9 Å². The number of hydrogen-bond acceptors (Lipinski definition) is 6. The summed E-state index contributed by atoms with van der Waals surface area (Å²) in [4.78, 5) is 31.0. The Balaban J connectivity index is 0.000000312. The summed E-state index contributed by atoms with van der Waals surface area (Å²) in [6.45, 7) is 8.08.